The molecule has 1 atom stereocenters. The van der Waals surface area contributed by atoms with Gasteiger partial charge in [-0.25, -0.2) is 0 Å². The summed E-state index contributed by atoms with van der Waals surface area (Å²) < 4.78 is 1.11. The SMILES string of the molecule is I.IC[P+](c1ccccc1)(c1ccccc1)c1ccccc1.P.[I-]. The molecule has 0 saturated carbocycles. The van der Waals surface area contributed by atoms with Gasteiger partial charge in [0.15, 0.2) is 0 Å². The first-order valence-electron chi connectivity index (χ1n) is 6.99. The fourth-order valence-electron chi connectivity index (χ4n) is 2.70. The van der Waals surface area contributed by atoms with Gasteiger partial charge in [-0.1, -0.05) is 54.6 Å². The average molecular weight is 692 g/mol. The van der Waals surface area contributed by atoms with E-state index in [1.165, 1.54) is 15.9 Å². The summed E-state index contributed by atoms with van der Waals surface area (Å²) >= 11 is 2.56. The Balaban J connectivity index is 0.00000176. The van der Waals surface area contributed by atoms with E-state index in [1.807, 2.05) is 0 Å². The zero-order chi connectivity index (χ0) is 14.5. The van der Waals surface area contributed by atoms with Gasteiger partial charge < -0.3 is 24.0 Å². The van der Waals surface area contributed by atoms with Crippen molar-refractivity contribution in [2.75, 3.05) is 4.17 Å². The van der Waals surface area contributed by atoms with Gasteiger partial charge in [0, 0.05) is 0 Å². The van der Waals surface area contributed by atoms with Gasteiger partial charge in [0.1, 0.15) is 27.3 Å². The highest BCUT2D eigenvalue weighted by molar-refractivity contribution is 14.1. The largest absolute Gasteiger partial charge is 1.00 e. The van der Waals surface area contributed by atoms with Crippen LogP contribution < -0.4 is 39.9 Å². The molecule has 0 aliphatic carbocycles. The quantitative estimate of drug-likeness (QED) is 0.224. The second-order valence-corrected chi connectivity index (χ2v) is 10.4. The molecule has 0 bridgehead atoms. The van der Waals surface area contributed by atoms with Crippen LogP contribution in [0.2, 0.25) is 0 Å². The van der Waals surface area contributed by atoms with E-state index in [1.54, 1.807) is 0 Å². The monoisotopic (exact) mass is 692 g/mol. The third kappa shape index (κ3) is 5.12. The van der Waals surface area contributed by atoms with Gasteiger partial charge >= 0.3 is 0 Å². The molecular formula is C19H21I3P2. The van der Waals surface area contributed by atoms with Crippen molar-refractivity contribution in [3.63, 3.8) is 0 Å². The standard InChI is InChI=1S/C19H17IP.2HI.H3P/c20-16-21(17-10-4-1-5-11-17,18-12-6-2-7-13-18)19-14-8-3-9-15-19;;;/h1-15H,16H2;2*1H;1H3/q+1;;;/p-1. The van der Waals surface area contributed by atoms with Crippen molar-refractivity contribution in [3.05, 3.63) is 91.0 Å². The van der Waals surface area contributed by atoms with Gasteiger partial charge in [0.2, 0.25) is 0 Å². The van der Waals surface area contributed by atoms with Gasteiger partial charge in [0.05, 0.1) is 0 Å². The van der Waals surface area contributed by atoms with Gasteiger partial charge in [-0.3, -0.25) is 0 Å². The minimum absolute atomic E-state index is 0. The maximum absolute atomic E-state index is 2.56. The van der Waals surface area contributed by atoms with Crippen molar-refractivity contribution in [2.45, 2.75) is 0 Å². The van der Waals surface area contributed by atoms with E-state index in [2.05, 4.69) is 114 Å². The molecular weight excluding hydrogens is 671 g/mol. The molecule has 24 heavy (non-hydrogen) atoms. The number of hydrogen-bond donors (Lipinski definition) is 0. The van der Waals surface area contributed by atoms with Gasteiger partial charge in [-0.15, -0.1) is 24.0 Å². The molecule has 3 aromatic carbocycles. The van der Waals surface area contributed by atoms with Crippen LogP contribution >= 0.6 is 63.7 Å². The molecule has 128 valence electrons. The third-order valence-electron chi connectivity index (χ3n) is 3.77. The Bertz CT molecular complexity index is 595. The molecule has 0 radical (unpaired) electrons. The lowest BCUT2D eigenvalue weighted by Gasteiger charge is -2.25. The Morgan fingerprint density at radius 3 is 1.04 bits per heavy atom. The normalized spacial score (nSPS) is 9.88. The van der Waals surface area contributed by atoms with Crippen LogP contribution in [-0.2, 0) is 0 Å². The molecule has 0 amide bonds. The molecule has 0 N–H and O–H groups in total. The molecule has 1 unspecified atom stereocenters. The van der Waals surface area contributed by atoms with Crippen LogP contribution in [-0.4, -0.2) is 4.17 Å². The molecule has 0 aliphatic heterocycles. The highest BCUT2D eigenvalue weighted by Gasteiger charge is 2.43. The third-order valence-corrected chi connectivity index (χ3v) is 10.7. The molecule has 0 heterocycles. The van der Waals surface area contributed by atoms with Crippen molar-refractivity contribution in [1.82, 2.24) is 0 Å². The van der Waals surface area contributed by atoms with E-state index in [4.69, 9.17) is 0 Å². The first-order chi connectivity index (χ1) is 10.4. The smallest absolute Gasteiger partial charge is 0.124 e. The van der Waals surface area contributed by atoms with Crippen LogP contribution in [0.1, 0.15) is 0 Å². The average Bonchev–Trinajstić information content (AvgIpc) is 2.59. The van der Waals surface area contributed by atoms with Crippen molar-refractivity contribution in [2.24, 2.45) is 0 Å². The zero-order valence-electron chi connectivity index (χ0n) is 13.2. The zero-order valence-corrected chi connectivity index (χ0v) is 22.1. The van der Waals surface area contributed by atoms with Crippen LogP contribution in [0.3, 0.4) is 0 Å². The van der Waals surface area contributed by atoms with E-state index in [9.17, 15) is 0 Å². The van der Waals surface area contributed by atoms with Gasteiger partial charge in [0.25, 0.3) is 0 Å². The van der Waals surface area contributed by atoms with Crippen molar-refractivity contribution in [3.8, 4) is 0 Å². The first kappa shape index (κ1) is 24.7. The van der Waals surface area contributed by atoms with E-state index in [-0.39, 0.29) is 57.9 Å². The molecule has 3 aromatic rings. The lowest BCUT2D eigenvalue weighted by molar-refractivity contribution is -0.00000414. The van der Waals surface area contributed by atoms with Crippen molar-refractivity contribution < 1.29 is 24.0 Å². The highest BCUT2D eigenvalue weighted by Crippen LogP contribution is 2.56. The summed E-state index contributed by atoms with van der Waals surface area (Å²) in [5.41, 5.74) is 0. The predicted octanol–water partition coefficient (Wildman–Crippen LogP) is 2.05. The summed E-state index contributed by atoms with van der Waals surface area (Å²) in [5.74, 6) is 0. The van der Waals surface area contributed by atoms with Crippen molar-refractivity contribution >= 4 is 79.6 Å². The molecule has 5 heteroatoms. The van der Waals surface area contributed by atoms with Crippen molar-refractivity contribution in [1.29, 1.82) is 0 Å². The molecule has 0 aliphatic rings. The van der Waals surface area contributed by atoms with E-state index in [0.29, 0.717) is 0 Å². The number of hydrogen-bond acceptors (Lipinski definition) is 0. The van der Waals surface area contributed by atoms with Crippen LogP contribution in [0.5, 0.6) is 0 Å². The second-order valence-electron chi connectivity index (χ2n) is 4.94. The Kier molecular flexibility index (Phi) is 12.5. The maximum Gasteiger partial charge on any atom is 0.124 e. The summed E-state index contributed by atoms with van der Waals surface area (Å²) in [6, 6.07) is 32.9. The molecule has 0 fully saturated rings. The van der Waals surface area contributed by atoms with Crippen LogP contribution in [0.15, 0.2) is 91.0 Å². The first-order valence-corrected chi connectivity index (χ1v) is 10.5. The summed E-state index contributed by atoms with van der Waals surface area (Å²) in [4.78, 5) is 0. The van der Waals surface area contributed by atoms with Gasteiger partial charge in [-0.2, -0.15) is 9.90 Å². The topological polar surface area (TPSA) is 0 Å². The van der Waals surface area contributed by atoms with E-state index < -0.39 is 7.26 Å². The van der Waals surface area contributed by atoms with Gasteiger partial charge in [-0.05, 0) is 59.0 Å². The minimum atomic E-state index is -1.55. The van der Waals surface area contributed by atoms with Crippen LogP contribution in [0.4, 0.5) is 0 Å². The lowest BCUT2D eigenvalue weighted by atomic mass is 10.4. The summed E-state index contributed by atoms with van der Waals surface area (Å²) in [5, 5.41) is 4.37. The highest BCUT2D eigenvalue weighted by atomic mass is 127. The summed E-state index contributed by atoms with van der Waals surface area (Å²) in [7, 11) is -1.55. The second kappa shape index (κ2) is 12.2. The Hall–Kier alpha value is 0.710. The Labute approximate surface area is 196 Å². The Morgan fingerprint density at radius 2 is 0.833 bits per heavy atom. The number of alkyl halides is 1. The van der Waals surface area contributed by atoms with E-state index in [0.717, 1.165) is 4.17 Å². The maximum atomic E-state index is 2.56. The van der Waals surface area contributed by atoms with E-state index >= 15 is 0 Å². The number of rotatable bonds is 4. The predicted molar refractivity (Wildman–Crippen MR) is 131 cm³/mol. The molecule has 0 spiro atoms. The molecule has 0 saturated heterocycles. The number of halogens is 3. The van der Waals surface area contributed by atoms with Crippen LogP contribution in [0.25, 0.3) is 0 Å². The molecule has 0 nitrogen and oxygen atoms in total. The minimum Gasteiger partial charge on any atom is -1.00 e. The molecule has 0 aromatic heterocycles. The Morgan fingerprint density at radius 1 is 0.583 bits per heavy atom. The van der Waals surface area contributed by atoms with Crippen LogP contribution in [0, 0.1) is 0 Å². The summed E-state index contributed by atoms with van der Waals surface area (Å²) in [6.45, 7) is 0. The molecule has 3 rings (SSSR count). The summed E-state index contributed by atoms with van der Waals surface area (Å²) in [6.07, 6.45) is 0. The lowest BCUT2D eigenvalue weighted by Crippen LogP contribution is -3.00. The number of benzene rings is 3. The fourth-order valence-corrected chi connectivity index (χ4v) is 9.60. The fraction of sp³-hybridized carbons (Fsp3) is 0.0526.